The lowest BCUT2D eigenvalue weighted by Crippen LogP contribution is -2.37. The van der Waals surface area contributed by atoms with E-state index in [0.717, 1.165) is 22.7 Å². The van der Waals surface area contributed by atoms with Crippen LogP contribution in [0.4, 0.5) is 4.79 Å². The van der Waals surface area contributed by atoms with Crippen molar-refractivity contribution in [2.45, 2.75) is 51.0 Å². The first kappa shape index (κ1) is 45.2. The Kier molecular flexibility index (Phi) is 23.8. The van der Waals surface area contributed by atoms with E-state index in [1.807, 2.05) is 6.92 Å². The molecule has 0 aromatic rings. The van der Waals surface area contributed by atoms with Gasteiger partial charge in [-0.25, -0.2) is 4.79 Å². The van der Waals surface area contributed by atoms with Gasteiger partial charge in [0.25, 0.3) is 11.8 Å². The summed E-state index contributed by atoms with van der Waals surface area (Å²) in [4.78, 5) is 83.9. The first-order valence-corrected chi connectivity index (χ1v) is 17.2. The number of hydrogen-bond acceptors (Lipinski definition) is 15. The number of ether oxygens (including phenoxy) is 5. The number of aliphatic hydroxyl groups is 1. The maximum Gasteiger partial charge on any atom is 0.407 e. The first-order chi connectivity index (χ1) is 24.4. The molecule has 8 N–H and O–H groups in total. The van der Waals surface area contributed by atoms with Crippen molar-refractivity contribution in [1.82, 2.24) is 26.2 Å². The third-order valence-electron chi connectivity index (χ3n) is 6.70. The zero-order valence-electron chi connectivity index (χ0n) is 28.8. The minimum atomic E-state index is -1.22. The van der Waals surface area contributed by atoms with Crippen LogP contribution in [0.25, 0.3) is 0 Å². The van der Waals surface area contributed by atoms with Gasteiger partial charge in [-0.2, -0.15) is 0 Å². The molecule has 21 heteroatoms. The predicted molar refractivity (Wildman–Crippen MR) is 180 cm³/mol. The van der Waals surface area contributed by atoms with E-state index in [9.17, 15) is 38.7 Å². The summed E-state index contributed by atoms with van der Waals surface area (Å²) in [5.41, 5.74) is 5.41. The Morgan fingerprint density at radius 1 is 0.882 bits per heavy atom. The van der Waals surface area contributed by atoms with E-state index in [1.54, 1.807) is 0 Å². The highest BCUT2D eigenvalue weighted by atomic mass is 32.2. The van der Waals surface area contributed by atoms with Crippen molar-refractivity contribution in [3.05, 3.63) is 11.0 Å². The normalized spacial score (nSPS) is 14.4. The van der Waals surface area contributed by atoms with Crippen LogP contribution in [0.5, 0.6) is 0 Å². The van der Waals surface area contributed by atoms with Gasteiger partial charge in [0.1, 0.15) is 12.6 Å². The molecule has 0 fully saturated rings. The van der Waals surface area contributed by atoms with Crippen LogP contribution in [0.15, 0.2) is 11.0 Å². The number of carboxylic acid groups (broad SMARTS) is 1. The van der Waals surface area contributed by atoms with E-state index < -0.39 is 48.2 Å². The summed E-state index contributed by atoms with van der Waals surface area (Å²) in [6.07, 6.45) is -0.410. The number of nitrogens with one attached hydrogen (secondary N) is 4. The van der Waals surface area contributed by atoms with E-state index in [4.69, 9.17) is 34.5 Å². The number of amides is 6. The Bertz CT molecular complexity index is 1170. The first-order valence-electron chi connectivity index (χ1n) is 16.3. The smallest absolute Gasteiger partial charge is 0.407 e. The topological polar surface area (TPSA) is 283 Å². The molecule has 6 amide bonds. The summed E-state index contributed by atoms with van der Waals surface area (Å²) in [6, 6.07) is -1.18. The van der Waals surface area contributed by atoms with E-state index in [0.29, 0.717) is 6.42 Å². The second kappa shape index (κ2) is 26.9. The number of rotatable bonds is 29. The number of imide groups is 1. The molecule has 20 nitrogen and oxygen atoms in total. The van der Waals surface area contributed by atoms with E-state index >= 15 is 0 Å². The van der Waals surface area contributed by atoms with E-state index in [1.165, 1.54) is 7.11 Å². The van der Waals surface area contributed by atoms with Crippen LogP contribution in [-0.2, 0) is 52.5 Å². The maximum atomic E-state index is 12.4. The average molecular weight is 751 g/mol. The Labute approximate surface area is 299 Å². The van der Waals surface area contributed by atoms with E-state index in [2.05, 4.69) is 21.3 Å². The van der Waals surface area contributed by atoms with Crippen molar-refractivity contribution in [3.63, 3.8) is 0 Å². The van der Waals surface area contributed by atoms with Crippen molar-refractivity contribution >= 4 is 53.4 Å². The Morgan fingerprint density at radius 2 is 1.51 bits per heavy atom. The van der Waals surface area contributed by atoms with Crippen molar-refractivity contribution in [1.29, 1.82) is 0 Å². The van der Waals surface area contributed by atoms with Crippen LogP contribution in [0.3, 0.4) is 0 Å². The van der Waals surface area contributed by atoms with Gasteiger partial charge < -0.3 is 60.9 Å². The van der Waals surface area contributed by atoms with Gasteiger partial charge in [-0.05, 0) is 6.42 Å². The summed E-state index contributed by atoms with van der Waals surface area (Å²) in [6.45, 7) is 2.68. The molecule has 0 saturated heterocycles. The highest BCUT2D eigenvalue weighted by Crippen LogP contribution is 2.24. The van der Waals surface area contributed by atoms with Gasteiger partial charge in [0, 0.05) is 70.9 Å². The number of nitrogens with zero attached hydrogens (tertiary/aromatic N) is 1. The quantitative estimate of drug-likeness (QED) is 0.0235. The molecule has 0 aliphatic carbocycles. The van der Waals surface area contributed by atoms with Crippen LogP contribution in [0.2, 0.25) is 0 Å². The summed E-state index contributed by atoms with van der Waals surface area (Å²) in [7, 11) is 1.38. The number of aliphatic hydroxyl groups excluding tert-OH is 1. The lowest BCUT2D eigenvalue weighted by Gasteiger charge is -2.21. The number of nitrogens with two attached hydrogens (primary N) is 1. The van der Waals surface area contributed by atoms with E-state index in [-0.39, 0.29) is 114 Å². The molecule has 51 heavy (non-hydrogen) atoms. The van der Waals surface area contributed by atoms with Gasteiger partial charge in [-0.3, -0.25) is 33.7 Å². The van der Waals surface area contributed by atoms with Gasteiger partial charge in [-0.1, -0.05) is 6.92 Å². The maximum absolute atomic E-state index is 12.4. The standard InChI is InChI=1S/C30H50N6O14S/c1-3-20(17-37)50-27(46-2)18-49-30(45)35-7-4-23(38)32-8-9-33-25(40)6-12-47-14-15-48-13-10-34-24(39)5-11-36-26(41)16-22(28(36)42)51-19-21(31)29(43)44/h16,20-21,27,37H,3-15,17-19,31H2,1-2H3,(H,32,38)(H,33,40)(H,34,39)(H,35,45)(H,43,44). The van der Waals surface area contributed by atoms with Crippen molar-refractivity contribution in [2.24, 2.45) is 5.73 Å². The lowest BCUT2D eigenvalue weighted by atomic mass is 10.3. The van der Waals surface area contributed by atoms with Gasteiger partial charge in [-0.15, -0.1) is 11.8 Å². The fourth-order valence-electron chi connectivity index (χ4n) is 3.80. The molecule has 0 spiro atoms. The molecule has 1 rings (SSSR count). The summed E-state index contributed by atoms with van der Waals surface area (Å²) in [5.74, 6) is -3.49. The van der Waals surface area contributed by atoms with Crippen LogP contribution < -0.4 is 27.0 Å². The highest BCUT2D eigenvalue weighted by Gasteiger charge is 2.32. The van der Waals surface area contributed by atoms with Gasteiger partial charge in [0.2, 0.25) is 17.7 Å². The molecular weight excluding hydrogens is 700 g/mol. The fourth-order valence-corrected chi connectivity index (χ4v) is 4.72. The molecule has 1 aliphatic heterocycles. The molecule has 0 aromatic heterocycles. The number of carbonyl (C=O) groups excluding carboxylic acids is 6. The molecule has 0 radical (unpaired) electrons. The fraction of sp³-hybridized carbons (Fsp3) is 0.700. The number of hydrogen-bond donors (Lipinski definition) is 7. The number of aliphatic carboxylic acids is 1. The molecule has 3 atom stereocenters. The van der Waals surface area contributed by atoms with Crippen molar-refractivity contribution in [2.75, 3.05) is 85.2 Å². The SMILES string of the molecule is CCC(CO)OC(COC(=O)NCCC(=O)NCCNC(=O)CCOCCOCCNC(=O)CCN1C(=O)C=C(SCC(N)C(=O)O)C1=O)OC. The number of carbonyl (C=O) groups is 7. The Balaban J connectivity index is 1.99. The van der Waals surface area contributed by atoms with Crippen LogP contribution in [0, 0.1) is 0 Å². The Morgan fingerprint density at radius 3 is 2.14 bits per heavy atom. The second-order valence-corrected chi connectivity index (χ2v) is 11.7. The lowest BCUT2D eigenvalue weighted by molar-refractivity contribution is -0.181. The van der Waals surface area contributed by atoms with Gasteiger partial charge >= 0.3 is 12.1 Å². The zero-order valence-corrected chi connectivity index (χ0v) is 29.7. The molecule has 0 bridgehead atoms. The molecule has 290 valence electrons. The Hall–Kier alpha value is -3.86. The highest BCUT2D eigenvalue weighted by molar-refractivity contribution is 8.04. The molecule has 3 unspecified atom stereocenters. The van der Waals surface area contributed by atoms with Crippen molar-refractivity contribution < 1.29 is 67.5 Å². The molecule has 0 aromatic carbocycles. The monoisotopic (exact) mass is 750 g/mol. The molecular formula is C30H50N6O14S. The van der Waals surface area contributed by atoms with Crippen LogP contribution in [0.1, 0.15) is 32.6 Å². The van der Waals surface area contributed by atoms with Crippen LogP contribution >= 0.6 is 11.8 Å². The minimum Gasteiger partial charge on any atom is -0.480 e. The van der Waals surface area contributed by atoms with Crippen molar-refractivity contribution in [3.8, 4) is 0 Å². The number of thioether (sulfide) groups is 1. The van der Waals surface area contributed by atoms with Crippen LogP contribution in [-0.4, -0.2) is 160 Å². The number of alkyl carbamates (subject to hydrolysis) is 1. The second-order valence-electron chi connectivity index (χ2n) is 10.6. The molecule has 1 heterocycles. The number of methoxy groups -OCH3 is 1. The van der Waals surface area contributed by atoms with Gasteiger partial charge in [0.05, 0.1) is 44.0 Å². The zero-order chi connectivity index (χ0) is 38.0. The third kappa shape index (κ3) is 20.6. The number of carboxylic acids is 1. The largest absolute Gasteiger partial charge is 0.480 e. The van der Waals surface area contributed by atoms with Gasteiger partial charge in [0.15, 0.2) is 6.29 Å². The summed E-state index contributed by atoms with van der Waals surface area (Å²) >= 11 is 0.872. The minimum absolute atomic E-state index is 0.00450. The summed E-state index contributed by atoms with van der Waals surface area (Å²) < 4.78 is 26.2. The molecule has 1 aliphatic rings. The third-order valence-corrected chi connectivity index (χ3v) is 7.83. The average Bonchev–Trinajstić information content (AvgIpc) is 3.38. The summed E-state index contributed by atoms with van der Waals surface area (Å²) in [5, 5.41) is 28.3. The predicted octanol–water partition coefficient (Wildman–Crippen LogP) is -2.58. The molecule has 0 saturated carbocycles.